The second-order valence-corrected chi connectivity index (χ2v) is 6.33. The minimum Gasteiger partial charge on any atom is -0.311 e. The van der Waals surface area contributed by atoms with Gasteiger partial charge in [0.15, 0.2) is 0 Å². The summed E-state index contributed by atoms with van der Waals surface area (Å²) in [6.07, 6.45) is -3.54. The molecule has 0 aromatic carbocycles. The Bertz CT molecular complexity index is 282. The van der Waals surface area contributed by atoms with Crippen LogP contribution in [0.1, 0.15) is 34.1 Å². The molecule has 1 heterocycles. The van der Waals surface area contributed by atoms with Gasteiger partial charge in [0, 0.05) is 31.7 Å². The molecule has 0 spiro atoms. The van der Waals surface area contributed by atoms with Crippen LogP contribution in [0.4, 0.5) is 13.2 Å². The van der Waals surface area contributed by atoms with Crippen molar-refractivity contribution in [3.05, 3.63) is 0 Å². The fourth-order valence-corrected chi connectivity index (χ4v) is 2.66. The van der Waals surface area contributed by atoms with Gasteiger partial charge in [-0.15, -0.1) is 13.2 Å². The number of ether oxygens (including phenoxy) is 1. The van der Waals surface area contributed by atoms with Crippen molar-refractivity contribution in [3.8, 4) is 0 Å². The molecule has 1 aliphatic rings. The molecule has 120 valence electrons. The van der Waals surface area contributed by atoms with Crippen molar-refractivity contribution in [1.82, 2.24) is 10.2 Å². The van der Waals surface area contributed by atoms with E-state index in [4.69, 9.17) is 0 Å². The molecule has 1 aliphatic heterocycles. The predicted octanol–water partition coefficient (Wildman–Crippen LogP) is 2.87. The van der Waals surface area contributed by atoms with Crippen LogP contribution in [0, 0.1) is 11.8 Å². The van der Waals surface area contributed by atoms with Gasteiger partial charge >= 0.3 is 6.36 Å². The molecule has 1 N–H and O–H groups in total. The molecule has 1 fully saturated rings. The van der Waals surface area contributed by atoms with Crippen molar-refractivity contribution in [2.24, 2.45) is 11.8 Å². The van der Waals surface area contributed by atoms with Gasteiger partial charge < -0.3 is 5.32 Å². The quantitative estimate of drug-likeness (QED) is 0.815. The smallest absolute Gasteiger partial charge is 0.311 e. The summed E-state index contributed by atoms with van der Waals surface area (Å²) in [6, 6.07) is 0.631. The number of alkyl halides is 3. The van der Waals surface area contributed by atoms with Gasteiger partial charge in [0.2, 0.25) is 0 Å². The molecule has 2 atom stereocenters. The fraction of sp³-hybridized carbons (Fsp3) is 1.00. The number of hydrogen-bond acceptors (Lipinski definition) is 3. The highest BCUT2D eigenvalue weighted by molar-refractivity contribution is 4.87. The average molecular weight is 296 g/mol. The van der Waals surface area contributed by atoms with Gasteiger partial charge in [0.05, 0.1) is 6.61 Å². The van der Waals surface area contributed by atoms with Crippen LogP contribution in [0.3, 0.4) is 0 Å². The van der Waals surface area contributed by atoms with E-state index in [1.165, 1.54) is 0 Å². The zero-order valence-corrected chi connectivity index (χ0v) is 12.8. The molecule has 0 aromatic rings. The van der Waals surface area contributed by atoms with Crippen LogP contribution in [-0.2, 0) is 4.74 Å². The molecule has 1 rings (SSSR count). The maximum atomic E-state index is 12.1. The van der Waals surface area contributed by atoms with Gasteiger partial charge in [0.1, 0.15) is 0 Å². The Morgan fingerprint density at radius 1 is 1.25 bits per heavy atom. The number of rotatable bonds is 6. The molecule has 0 saturated carbocycles. The maximum Gasteiger partial charge on any atom is 0.522 e. The Hall–Kier alpha value is -0.330. The molecule has 0 aliphatic carbocycles. The van der Waals surface area contributed by atoms with Gasteiger partial charge in [-0.05, 0) is 18.3 Å². The fourth-order valence-electron chi connectivity index (χ4n) is 2.66. The lowest BCUT2D eigenvalue weighted by Crippen LogP contribution is -2.59. The molecule has 0 amide bonds. The van der Waals surface area contributed by atoms with E-state index in [1.54, 1.807) is 0 Å². The first-order chi connectivity index (χ1) is 9.19. The molecular formula is C14H27F3N2O. The van der Waals surface area contributed by atoms with Gasteiger partial charge in [-0.25, -0.2) is 0 Å². The normalized spacial score (nSPS) is 25.6. The summed E-state index contributed by atoms with van der Waals surface area (Å²) in [7, 11) is 0. The lowest BCUT2D eigenvalue weighted by atomic mass is 9.95. The molecule has 0 bridgehead atoms. The van der Waals surface area contributed by atoms with Crippen LogP contribution in [0.25, 0.3) is 0 Å². The number of nitrogens with zero attached hydrogens (tertiary/aromatic N) is 1. The molecular weight excluding hydrogens is 269 g/mol. The Labute approximate surface area is 119 Å². The summed E-state index contributed by atoms with van der Waals surface area (Å²) >= 11 is 0. The summed E-state index contributed by atoms with van der Waals surface area (Å²) < 4.78 is 40.1. The van der Waals surface area contributed by atoms with Crippen molar-refractivity contribution >= 4 is 0 Å². The van der Waals surface area contributed by atoms with Crippen molar-refractivity contribution < 1.29 is 17.9 Å². The number of piperazine rings is 1. The standard InChI is InChI=1S/C14H27F3N2O/c1-10(2)7-12-8-18-13(11(3)4)9-19(12)5-6-20-14(15,16)17/h10-13,18H,5-9H2,1-4H3. The second-order valence-electron chi connectivity index (χ2n) is 6.33. The summed E-state index contributed by atoms with van der Waals surface area (Å²) in [5.41, 5.74) is 0. The van der Waals surface area contributed by atoms with Crippen LogP contribution >= 0.6 is 0 Å². The third-order valence-electron chi connectivity index (χ3n) is 3.76. The van der Waals surface area contributed by atoms with E-state index < -0.39 is 6.36 Å². The molecule has 20 heavy (non-hydrogen) atoms. The van der Waals surface area contributed by atoms with Crippen LogP contribution < -0.4 is 5.32 Å². The molecule has 0 radical (unpaired) electrons. The van der Waals surface area contributed by atoms with Crippen LogP contribution in [-0.4, -0.2) is 49.6 Å². The first-order valence-electron chi connectivity index (χ1n) is 7.37. The van der Waals surface area contributed by atoms with Crippen LogP contribution in [0.15, 0.2) is 0 Å². The SMILES string of the molecule is CC(C)CC1CNC(C(C)C)CN1CCOC(F)(F)F. The number of halogens is 3. The summed E-state index contributed by atoms with van der Waals surface area (Å²) in [5.74, 6) is 1.00. The predicted molar refractivity (Wildman–Crippen MR) is 73.5 cm³/mol. The van der Waals surface area contributed by atoms with E-state index in [0.29, 0.717) is 30.5 Å². The summed E-state index contributed by atoms with van der Waals surface area (Å²) in [6.45, 7) is 10.2. The number of nitrogens with one attached hydrogen (secondary N) is 1. The molecule has 6 heteroatoms. The summed E-state index contributed by atoms with van der Waals surface area (Å²) in [4.78, 5) is 2.15. The van der Waals surface area contributed by atoms with E-state index in [-0.39, 0.29) is 6.61 Å². The van der Waals surface area contributed by atoms with Gasteiger partial charge in [-0.1, -0.05) is 27.7 Å². The highest BCUT2D eigenvalue weighted by atomic mass is 19.4. The van der Waals surface area contributed by atoms with Gasteiger partial charge in [0.25, 0.3) is 0 Å². The highest BCUT2D eigenvalue weighted by Gasteiger charge is 2.32. The van der Waals surface area contributed by atoms with E-state index >= 15 is 0 Å². The first-order valence-corrected chi connectivity index (χ1v) is 7.37. The van der Waals surface area contributed by atoms with Crippen molar-refractivity contribution in [1.29, 1.82) is 0 Å². The Morgan fingerprint density at radius 2 is 1.90 bits per heavy atom. The molecule has 2 unspecified atom stereocenters. The third kappa shape index (κ3) is 6.41. The van der Waals surface area contributed by atoms with Gasteiger partial charge in [-0.3, -0.25) is 9.64 Å². The third-order valence-corrected chi connectivity index (χ3v) is 3.76. The maximum absolute atomic E-state index is 12.1. The van der Waals surface area contributed by atoms with Crippen LogP contribution in [0.2, 0.25) is 0 Å². The lowest BCUT2D eigenvalue weighted by Gasteiger charge is -2.42. The Balaban J connectivity index is 2.52. The summed E-state index contributed by atoms with van der Waals surface area (Å²) in [5, 5.41) is 3.51. The second kappa shape index (κ2) is 7.61. The largest absolute Gasteiger partial charge is 0.522 e. The zero-order chi connectivity index (χ0) is 15.3. The Kier molecular flexibility index (Phi) is 6.75. The Morgan fingerprint density at radius 3 is 2.40 bits per heavy atom. The van der Waals surface area contributed by atoms with E-state index in [0.717, 1.165) is 19.5 Å². The topological polar surface area (TPSA) is 24.5 Å². The first kappa shape index (κ1) is 17.7. The van der Waals surface area contributed by atoms with Crippen LogP contribution in [0.5, 0.6) is 0 Å². The van der Waals surface area contributed by atoms with E-state index in [9.17, 15) is 13.2 Å². The minimum atomic E-state index is -4.53. The minimum absolute atomic E-state index is 0.289. The number of hydrogen-bond donors (Lipinski definition) is 1. The highest BCUT2D eigenvalue weighted by Crippen LogP contribution is 2.20. The monoisotopic (exact) mass is 296 g/mol. The molecule has 0 aromatic heterocycles. The van der Waals surface area contributed by atoms with Gasteiger partial charge in [-0.2, -0.15) is 0 Å². The average Bonchev–Trinajstić information content (AvgIpc) is 2.28. The zero-order valence-electron chi connectivity index (χ0n) is 12.8. The molecule has 1 saturated heterocycles. The van der Waals surface area contributed by atoms with E-state index in [2.05, 4.69) is 42.6 Å². The molecule has 3 nitrogen and oxygen atoms in total. The van der Waals surface area contributed by atoms with E-state index in [1.807, 2.05) is 0 Å². The van der Waals surface area contributed by atoms with Crippen molar-refractivity contribution in [2.45, 2.75) is 52.6 Å². The van der Waals surface area contributed by atoms with Crippen molar-refractivity contribution in [2.75, 3.05) is 26.2 Å². The lowest BCUT2D eigenvalue weighted by molar-refractivity contribution is -0.325. The van der Waals surface area contributed by atoms with Crippen molar-refractivity contribution in [3.63, 3.8) is 0 Å².